The standard InChI is InChI=1S/C18H23N3OS/c1-2-15(12-23-17-6-4-3-5-7-17)20-18(22)14-8-9-21-13-19-11-16(21)10-14/h3-7,11,13-15H,2,8-10,12H2,1H3,(H,20,22)/t14-,15+/m0/s1. The minimum Gasteiger partial charge on any atom is -0.352 e. The number of thioether (sulfide) groups is 1. The van der Waals surface area contributed by atoms with Crippen molar-refractivity contribution >= 4 is 17.7 Å². The molecule has 0 saturated heterocycles. The number of nitrogens with zero attached hydrogens (tertiary/aromatic N) is 2. The van der Waals surface area contributed by atoms with Crippen molar-refractivity contribution in [2.75, 3.05) is 5.75 Å². The highest BCUT2D eigenvalue weighted by Crippen LogP contribution is 2.22. The smallest absolute Gasteiger partial charge is 0.223 e. The van der Waals surface area contributed by atoms with Gasteiger partial charge in [0.25, 0.3) is 0 Å². The number of hydrogen-bond donors (Lipinski definition) is 1. The van der Waals surface area contributed by atoms with Gasteiger partial charge >= 0.3 is 0 Å². The molecule has 0 spiro atoms. The third-order valence-electron chi connectivity index (χ3n) is 4.38. The van der Waals surface area contributed by atoms with Gasteiger partial charge in [0.2, 0.25) is 5.91 Å². The van der Waals surface area contributed by atoms with Crippen molar-refractivity contribution in [2.45, 2.75) is 43.7 Å². The largest absolute Gasteiger partial charge is 0.352 e. The lowest BCUT2D eigenvalue weighted by atomic mass is 9.95. The fourth-order valence-electron chi connectivity index (χ4n) is 2.89. The van der Waals surface area contributed by atoms with Crippen LogP contribution in [0.4, 0.5) is 0 Å². The molecule has 1 aromatic heterocycles. The average Bonchev–Trinajstić information content (AvgIpc) is 3.07. The molecular formula is C18H23N3OS. The lowest BCUT2D eigenvalue weighted by Crippen LogP contribution is -2.42. The quantitative estimate of drug-likeness (QED) is 0.828. The van der Waals surface area contributed by atoms with Crippen LogP contribution in [-0.2, 0) is 17.8 Å². The Morgan fingerprint density at radius 2 is 2.26 bits per heavy atom. The van der Waals surface area contributed by atoms with Crippen LogP contribution in [0.1, 0.15) is 25.5 Å². The van der Waals surface area contributed by atoms with Crippen LogP contribution < -0.4 is 5.32 Å². The van der Waals surface area contributed by atoms with Crippen molar-refractivity contribution in [1.82, 2.24) is 14.9 Å². The number of aryl methyl sites for hydroxylation is 1. The molecule has 1 aromatic carbocycles. The average molecular weight is 329 g/mol. The molecular weight excluding hydrogens is 306 g/mol. The SMILES string of the molecule is CC[C@H](CSc1ccccc1)NC(=O)[C@H]1CCn2cncc2C1. The molecule has 5 heteroatoms. The fourth-order valence-corrected chi connectivity index (χ4v) is 3.95. The Labute approximate surface area is 141 Å². The van der Waals surface area contributed by atoms with E-state index in [1.165, 1.54) is 10.6 Å². The molecule has 4 nitrogen and oxygen atoms in total. The highest BCUT2D eigenvalue weighted by atomic mass is 32.2. The minimum atomic E-state index is 0.0787. The molecule has 0 aliphatic carbocycles. The Bertz CT molecular complexity index is 641. The maximum atomic E-state index is 12.6. The second kappa shape index (κ2) is 7.68. The molecule has 0 radical (unpaired) electrons. The summed E-state index contributed by atoms with van der Waals surface area (Å²) in [4.78, 5) is 18.0. The van der Waals surface area contributed by atoms with Crippen LogP contribution in [0.5, 0.6) is 0 Å². The van der Waals surface area contributed by atoms with Gasteiger partial charge in [-0.05, 0) is 25.0 Å². The zero-order chi connectivity index (χ0) is 16.1. The number of aromatic nitrogens is 2. The highest BCUT2D eigenvalue weighted by Gasteiger charge is 2.26. The molecule has 2 atom stereocenters. The summed E-state index contributed by atoms with van der Waals surface area (Å²) in [6.07, 6.45) is 6.39. The van der Waals surface area contributed by atoms with Gasteiger partial charge in [0.05, 0.1) is 6.33 Å². The molecule has 0 bridgehead atoms. The number of imidazole rings is 1. The van der Waals surface area contributed by atoms with Gasteiger partial charge in [0.15, 0.2) is 0 Å². The van der Waals surface area contributed by atoms with E-state index >= 15 is 0 Å². The van der Waals surface area contributed by atoms with Gasteiger partial charge in [-0.1, -0.05) is 25.1 Å². The summed E-state index contributed by atoms with van der Waals surface area (Å²) in [6, 6.07) is 10.6. The Hall–Kier alpha value is -1.75. The molecule has 0 unspecified atom stereocenters. The van der Waals surface area contributed by atoms with Gasteiger partial charge in [-0.3, -0.25) is 4.79 Å². The zero-order valence-corrected chi connectivity index (χ0v) is 14.3. The maximum Gasteiger partial charge on any atom is 0.223 e. The topological polar surface area (TPSA) is 46.9 Å². The lowest BCUT2D eigenvalue weighted by Gasteiger charge is -2.25. The summed E-state index contributed by atoms with van der Waals surface area (Å²) in [7, 11) is 0. The van der Waals surface area contributed by atoms with E-state index in [2.05, 4.69) is 33.9 Å². The normalized spacial score (nSPS) is 18.2. The number of hydrogen-bond acceptors (Lipinski definition) is 3. The van der Waals surface area contributed by atoms with Gasteiger partial charge in [0.1, 0.15) is 0 Å². The van der Waals surface area contributed by atoms with Crippen molar-refractivity contribution in [3.63, 3.8) is 0 Å². The molecule has 1 aliphatic heterocycles. The molecule has 1 amide bonds. The summed E-state index contributed by atoms with van der Waals surface area (Å²) in [5, 5.41) is 3.24. The molecule has 1 aliphatic rings. The first-order valence-corrected chi connectivity index (χ1v) is 9.22. The number of nitrogens with one attached hydrogen (secondary N) is 1. The summed E-state index contributed by atoms with van der Waals surface area (Å²) >= 11 is 1.80. The first-order valence-electron chi connectivity index (χ1n) is 8.23. The van der Waals surface area contributed by atoms with Crippen LogP contribution in [0, 0.1) is 5.92 Å². The first kappa shape index (κ1) is 16.1. The van der Waals surface area contributed by atoms with E-state index in [1.807, 2.05) is 30.7 Å². The predicted molar refractivity (Wildman–Crippen MR) is 93.4 cm³/mol. The fraction of sp³-hybridized carbons (Fsp3) is 0.444. The Morgan fingerprint density at radius 1 is 1.43 bits per heavy atom. The predicted octanol–water partition coefficient (Wildman–Crippen LogP) is 3.13. The molecule has 1 N–H and O–H groups in total. The van der Waals surface area contributed by atoms with Crippen molar-refractivity contribution in [1.29, 1.82) is 0 Å². The van der Waals surface area contributed by atoms with Gasteiger partial charge in [-0.15, -0.1) is 11.8 Å². The molecule has 0 saturated carbocycles. The number of rotatable bonds is 6. The maximum absolute atomic E-state index is 12.6. The zero-order valence-electron chi connectivity index (χ0n) is 13.4. The number of carbonyl (C=O) groups excluding carboxylic acids is 1. The Balaban J connectivity index is 1.51. The lowest BCUT2D eigenvalue weighted by molar-refractivity contribution is -0.126. The third kappa shape index (κ3) is 4.16. The van der Waals surface area contributed by atoms with Crippen LogP contribution >= 0.6 is 11.8 Å². The first-order chi connectivity index (χ1) is 11.3. The van der Waals surface area contributed by atoms with Crippen LogP contribution in [0.15, 0.2) is 47.8 Å². The van der Waals surface area contributed by atoms with E-state index in [1.54, 1.807) is 11.8 Å². The number of fused-ring (bicyclic) bond motifs is 1. The van der Waals surface area contributed by atoms with E-state index in [4.69, 9.17) is 0 Å². The van der Waals surface area contributed by atoms with Gasteiger partial charge in [-0.25, -0.2) is 4.98 Å². The van der Waals surface area contributed by atoms with Crippen LogP contribution in [0.3, 0.4) is 0 Å². The monoisotopic (exact) mass is 329 g/mol. The summed E-state index contributed by atoms with van der Waals surface area (Å²) in [5.41, 5.74) is 1.17. The van der Waals surface area contributed by atoms with Crippen LogP contribution in [0.2, 0.25) is 0 Å². The molecule has 2 heterocycles. The van der Waals surface area contributed by atoms with Crippen molar-refractivity contribution in [3.05, 3.63) is 48.5 Å². The Kier molecular flexibility index (Phi) is 5.39. The van der Waals surface area contributed by atoms with E-state index in [0.29, 0.717) is 0 Å². The molecule has 0 fully saturated rings. The van der Waals surface area contributed by atoms with Crippen molar-refractivity contribution in [3.8, 4) is 0 Å². The minimum absolute atomic E-state index is 0.0787. The van der Waals surface area contributed by atoms with Crippen LogP contribution in [-0.4, -0.2) is 27.3 Å². The van der Waals surface area contributed by atoms with E-state index < -0.39 is 0 Å². The van der Waals surface area contributed by atoms with E-state index in [9.17, 15) is 4.79 Å². The second-order valence-corrected chi connectivity index (χ2v) is 7.10. The van der Waals surface area contributed by atoms with E-state index in [-0.39, 0.29) is 17.9 Å². The molecule has 3 rings (SSSR count). The van der Waals surface area contributed by atoms with Gasteiger partial charge in [0, 0.05) is 47.5 Å². The van der Waals surface area contributed by atoms with E-state index in [0.717, 1.165) is 31.6 Å². The van der Waals surface area contributed by atoms with Gasteiger partial charge < -0.3 is 9.88 Å². The highest BCUT2D eigenvalue weighted by molar-refractivity contribution is 7.99. The summed E-state index contributed by atoms with van der Waals surface area (Å²) < 4.78 is 2.15. The number of benzene rings is 1. The third-order valence-corrected chi connectivity index (χ3v) is 5.55. The summed E-state index contributed by atoms with van der Waals surface area (Å²) in [6.45, 7) is 3.02. The second-order valence-electron chi connectivity index (χ2n) is 6.01. The Morgan fingerprint density at radius 3 is 3.04 bits per heavy atom. The van der Waals surface area contributed by atoms with Crippen molar-refractivity contribution in [2.24, 2.45) is 5.92 Å². The van der Waals surface area contributed by atoms with Gasteiger partial charge in [-0.2, -0.15) is 0 Å². The summed E-state index contributed by atoms with van der Waals surface area (Å²) in [5.74, 6) is 1.18. The number of carbonyl (C=O) groups is 1. The molecule has 122 valence electrons. The van der Waals surface area contributed by atoms with Crippen LogP contribution in [0.25, 0.3) is 0 Å². The molecule has 2 aromatic rings. The molecule has 23 heavy (non-hydrogen) atoms. The number of amides is 1. The van der Waals surface area contributed by atoms with Crippen molar-refractivity contribution < 1.29 is 4.79 Å².